The minimum Gasteiger partial charge on any atom is -0.306 e. The minimum absolute atomic E-state index is 0.00271. The fourth-order valence-corrected chi connectivity index (χ4v) is 2.86. The molecule has 0 radical (unpaired) electrons. The number of halogens is 1. The van der Waals surface area contributed by atoms with Crippen LogP contribution in [0.4, 0.5) is 11.5 Å². The van der Waals surface area contributed by atoms with Gasteiger partial charge in [0.15, 0.2) is 0 Å². The highest BCUT2D eigenvalue weighted by atomic mass is 127. The van der Waals surface area contributed by atoms with E-state index in [4.69, 9.17) is 0 Å². The second-order valence-electron chi connectivity index (χ2n) is 5.32. The van der Waals surface area contributed by atoms with E-state index in [1.54, 1.807) is 35.0 Å². The van der Waals surface area contributed by atoms with Gasteiger partial charge in [-0.05, 0) is 59.8 Å². The van der Waals surface area contributed by atoms with Gasteiger partial charge in [0.1, 0.15) is 5.82 Å². The Kier molecular flexibility index (Phi) is 4.79. The summed E-state index contributed by atoms with van der Waals surface area (Å²) in [5, 5.41) is 18.0. The molecule has 0 unspecified atom stereocenters. The summed E-state index contributed by atoms with van der Waals surface area (Å²) in [7, 11) is 0. The summed E-state index contributed by atoms with van der Waals surface area (Å²) in [5.41, 5.74) is 1.88. The van der Waals surface area contributed by atoms with E-state index in [1.165, 1.54) is 12.1 Å². The van der Waals surface area contributed by atoms with E-state index >= 15 is 0 Å². The maximum absolute atomic E-state index is 12.5. The zero-order chi connectivity index (χ0) is 18.0. The van der Waals surface area contributed by atoms with Gasteiger partial charge in [0.2, 0.25) is 0 Å². The van der Waals surface area contributed by atoms with Crippen LogP contribution in [0.2, 0.25) is 0 Å². The highest BCUT2D eigenvalue weighted by Gasteiger charge is 2.14. The van der Waals surface area contributed by atoms with E-state index in [-0.39, 0.29) is 11.6 Å². The Bertz CT molecular complexity index is 951. The minimum atomic E-state index is -0.460. The first-order valence-electron chi connectivity index (χ1n) is 7.32. The first-order valence-corrected chi connectivity index (χ1v) is 8.40. The van der Waals surface area contributed by atoms with Crippen molar-refractivity contribution in [2.45, 2.75) is 6.92 Å². The van der Waals surface area contributed by atoms with Crippen LogP contribution in [0.5, 0.6) is 0 Å². The zero-order valence-corrected chi connectivity index (χ0v) is 15.3. The van der Waals surface area contributed by atoms with Crippen molar-refractivity contribution in [2.75, 3.05) is 5.32 Å². The number of aryl methyl sites for hydroxylation is 1. The molecule has 0 aliphatic heterocycles. The number of amides is 1. The second kappa shape index (κ2) is 7.01. The average molecular weight is 448 g/mol. The molecular weight excluding hydrogens is 435 g/mol. The number of aromatic nitrogens is 2. The molecule has 3 rings (SSSR count). The molecule has 25 heavy (non-hydrogen) atoms. The quantitative estimate of drug-likeness (QED) is 0.372. The average Bonchev–Trinajstić information content (AvgIpc) is 2.95. The number of hydrogen-bond donors (Lipinski definition) is 1. The molecule has 1 heterocycles. The number of benzene rings is 2. The van der Waals surface area contributed by atoms with Crippen LogP contribution in [-0.4, -0.2) is 20.6 Å². The number of rotatable bonds is 4. The van der Waals surface area contributed by atoms with Crippen molar-refractivity contribution in [3.8, 4) is 5.69 Å². The van der Waals surface area contributed by atoms with Crippen molar-refractivity contribution in [2.24, 2.45) is 0 Å². The summed E-state index contributed by atoms with van der Waals surface area (Å²) in [6, 6.07) is 15.0. The van der Waals surface area contributed by atoms with Crippen molar-refractivity contribution >= 4 is 40.0 Å². The van der Waals surface area contributed by atoms with Gasteiger partial charge in [-0.2, -0.15) is 5.10 Å². The number of nitrogens with zero attached hydrogens (tertiary/aromatic N) is 3. The van der Waals surface area contributed by atoms with Crippen LogP contribution in [0.3, 0.4) is 0 Å². The Morgan fingerprint density at radius 1 is 1.20 bits per heavy atom. The van der Waals surface area contributed by atoms with Crippen LogP contribution in [-0.2, 0) is 0 Å². The number of carbonyl (C=O) groups is 1. The first-order chi connectivity index (χ1) is 11.9. The predicted molar refractivity (Wildman–Crippen MR) is 102 cm³/mol. The van der Waals surface area contributed by atoms with Gasteiger partial charge >= 0.3 is 0 Å². The smallest absolute Gasteiger partial charge is 0.269 e. The monoisotopic (exact) mass is 448 g/mol. The largest absolute Gasteiger partial charge is 0.306 e. The molecule has 1 aromatic heterocycles. The van der Waals surface area contributed by atoms with Gasteiger partial charge in [-0.3, -0.25) is 14.9 Å². The molecule has 2 aromatic carbocycles. The Hall–Kier alpha value is -2.75. The molecule has 0 saturated carbocycles. The third-order valence-corrected chi connectivity index (χ3v) is 4.14. The molecule has 1 amide bonds. The number of anilines is 1. The van der Waals surface area contributed by atoms with Crippen molar-refractivity contribution in [1.29, 1.82) is 0 Å². The molecule has 8 heteroatoms. The first kappa shape index (κ1) is 17.1. The Morgan fingerprint density at radius 3 is 2.56 bits per heavy atom. The molecule has 1 N–H and O–H groups in total. The molecule has 126 valence electrons. The van der Waals surface area contributed by atoms with Crippen molar-refractivity contribution in [1.82, 2.24) is 9.78 Å². The molecule has 7 nitrogen and oxygen atoms in total. The molecule has 0 bridgehead atoms. The van der Waals surface area contributed by atoms with E-state index in [0.29, 0.717) is 17.1 Å². The molecular formula is C17H13IN4O3. The fraction of sp³-hybridized carbons (Fsp3) is 0.0588. The Morgan fingerprint density at radius 2 is 1.92 bits per heavy atom. The van der Waals surface area contributed by atoms with Gasteiger partial charge in [-0.1, -0.05) is 6.07 Å². The SMILES string of the molecule is Cc1cc(NC(=O)c2cccc(I)c2)n(-c2ccc([N+](=O)[O-])cc2)n1. The number of carbonyl (C=O) groups excluding carboxylic acids is 1. The van der Waals surface area contributed by atoms with Crippen LogP contribution < -0.4 is 5.32 Å². The molecule has 0 aliphatic rings. The number of hydrogen-bond acceptors (Lipinski definition) is 4. The third kappa shape index (κ3) is 3.85. The maximum Gasteiger partial charge on any atom is 0.269 e. The third-order valence-electron chi connectivity index (χ3n) is 3.47. The van der Waals surface area contributed by atoms with E-state index in [0.717, 1.165) is 9.26 Å². The van der Waals surface area contributed by atoms with Crippen LogP contribution >= 0.6 is 22.6 Å². The number of nitro benzene ring substituents is 1. The number of nitro groups is 1. The highest BCUT2D eigenvalue weighted by molar-refractivity contribution is 14.1. The summed E-state index contributed by atoms with van der Waals surface area (Å²) < 4.78 is 2.51. The Labute approximate surface area is 157 Å². The maximum atomic E-state index is 12.5. The van der Waals surface area contributed by atoms with E-state index < -0.39 is 4.92 Å². The summed E-state index contributed by atoms with van der Waals surface area (Å²) in [6.45, 7) is 1.81. The van der Waals surface area contributed by atoms with Gasteiger partial charge in [-0.15, -0.1) is 0 Å². The fourth-order valence-electron chi connectivity index (χ4n) is 2.32. The lowest BCUT2D eigenvalue weighted by atomic mass is 10.2. The lowest BCUT2D eigenvalue weighted by molar-refractivity contribution is -0.384. The summed E-state index contributed by atoms with van der Waals surface area (Å²) in [6.07, 6.45) is 0. The van der Waals surface area contributed by atoms with Gasteiger partial charge in [0.05, 0.1) is 16.3 Å². The van der Waals surface area contributed by atoms with Crippen LogP contribution in [0.25, 0.3) is 5.69 Å². The summed E-state index contributed by atoms with van der Waals surface area (Å²) in [4.78, 5) is 22.8. The van der Waals surface area contributed by atoms with Crippen molar-refractivity contribution in [3.63, 3.8) is 0 Å². The molecule has 0 saturated heterocycles. The van der Waals surface area contributed by atoms with E-state index in [1.807, 2.05) is 19.1 Å². The molecule has 0 fully saturated rings. The van der Waals surface area contributed by atoms with Gasteiger partial charge in [0, 0.05) is 27.3 Å². The number of non-ortho nitro benzene ring substituents is 1. The number of nitrogens with one attached hydrogen (secondary N) is 1. The molecule has 0 atom stereocenters. The normalized spacial score (nSPS) is 10.5. The lowest BCUT2D eigenvalue weighted by Crippen LogP contribution is -2.15. The second-order valence-corrected chi connectivity index (χ2v) is 6.57. The van der Waals surface area contributed by atoms with Crippen molar-refractivity contribution in [3.05, 3.63) is 79.5 Å². The van der Waals surface area contributed by atoms with Crippen LogP contribution in [0, 0.1) is 20.6 Å². The predicted octanol–water partition coefficient (Wildman–Crippen LogP) is 3.95. The molecule has 3 aromatic rings. The zero-order valence-electron chi connectivity index (χ0n) is 13.1. The van der Waals surface area contributed by atoms with Crippen molar-refractivity contribution < 1.29 is 9.72 Å². The van der Waals surface area contributed by atoms with E-state index in [9.17, 15) is 14.9 Å². The van der Waals surface area contributed by atoms with Gasteiger partial charge < -0.3 is 5.32 Å². The summed E-state index contributed by atoms with van der Waals surface area (Å²) in [5.74, 6) is 0.247. The van der Waals surface area contributed by atoms with Gasteiger partial charge in [0.25, 0.3) is 11.6 Å². The summed E-state index contributed by atoms with van der Waals surface area (Å²) >= 11 is 2.15. The van der Waals surface area contributed by atoms with Crippen LogP contribution in [0.15, 0.2) is 54.6 Å². The Balaban J connectivity index is 1.90. The molecule has 0 spiro atoms. The van der Waals surface area contributed by atoms with Crippen LogP contribution in [0.1, 0.15) is 16.1 Å². The molecule has 0 aliphatic carbocycles. The van der Waals surface area contributed by atoms with E-state index in [2.05, 4.69) is 33.0 Å². The lowest BCUT2D eigenvalue weighted by Gasteiger charge is -2.09. The standard InChI is InChI=1S/C17H13IN4O3/c1-11-9-16(19-17(23)12-3-2-4-13(18)10-12)21(20-11)14-5-7-15(8-6-14)22(24)25/h2-10H,1H3,(H,19,23). The highest BCUT2D eigenvalue weighted by Crippen LogP contribution is 2.21. The van der Waals surface area contributed by atoms with Gasteiger partial charge in [-0.25, -0.2) is 4.68 Å². The topological polar surface area (TPSA) is 90.1 Å².